The molecule has 3 N–H and O–H groups in total. The molecule has 0 amide bonds. The lowest BCUT2D eigenvalue weighted by Gasteiger charge is -2.24. The van der Waals surface area contributed by atoms with Crippen molar-refractivity contribution < 1.29 is 4.39 Å². The van der Waals surface area contributed by atoms with Gasteiger partial charge >= 0.3 is 0 Å². The fraction of sp³-hybridized carbons (Fsp3) is 0.267. The number of hydrazine groups is 1. The number of pyridine rings is 1. The Morgan fingerprint density at radius 2 is 2.20 bits per heavy atom. The maximum Gasteiger partial charge on any atom is 0.129 e. The number of aromatic nitrogens is 1. The number of hydrogen-bond acceptors (Lipinski definition) is 3. The zero-order valence-electron chi connectivity index (χ0n) is 10.8. The summed E-state index contributed by atoms with van der Waals surface area (Å²) < 4.78 is 14.1. The van der Waals surface area contributed by atoms with Crippen molar-refractivity contribution in [3.05, 3.63) is 64.2 Å². The monoisotopic (exact) mass is 291 g/mol. The molecule has 0 fully saturated rings. The smallest absolute Gasteiger partial charge is 0.129 e. The van der Waals surface area contributed by atoms with Crippen LogP contribution in [-0.4, -0.2) is 4.98 Å². The third kappa shape index (κ3) is 2.20. The molecule has 1 aliphatic rings. The predicted molar refractivity (Wildman–Crippen MR) is 76.8 cm³/mol. The van der Waals surface area contributed by atoms with Crippen LogP contribution in [0, 0.1) is 5.82 Å². The molecule has 20 heavy (non-hydrogen) atoms. The van der Waals surface area contributed by atoms with Gasteiger partial charge in [0.25, 0.3) is 0 Å². The van der Waals surface area contributed by atoms with Gasteiger partial charge in [-0.1, -0.05) is 23.7 Å². The van der Waals surface area contributed by atoms with E-state index in [-0.39, 0.29) is 17.8 Å². The summed E-state index contributed by atoms with van der Waals surface area (Å²) in [6.07, 6.45) is 3.57. The minimum atomic E-state index is -0.375. The van der Waals surface area contributed by atoms with Gasteiger partial charge < -0.3 is 0 Å². The summed E-state index contributed by atoms with van der Waals surface area (Å²) in [6.45, 7) is 0. The van der Waals surface area contributed by atoms with Crippen LogP contribution in [0.3, 0.4) is 0 Å². The lowest BCUT2D eigenvalue weighted by atomic mass is 9.91. The molecule has 3 rings (SSSR count). The Kier molecular flexibility index (Phi) is 3.70. The summed E-state index contributed by atoms with van der Waals surface area (Å²) in [5, 5.41) is 0.386. The number of halogens is 2. The molecule has 1 aliphatic carbocycles. The van der Waals surface area contributed by atoms with E-state index in [2.05, 4.69) is 16.5 Å². The highest BCUT2D eigenvalue weighted by Gasteiger charge is 2.33. The minimum absolute atomic E-state index is 0.0330. The van der Waals surface area contributed by atoms with Gasteiger partial charge in [-0.25, -0.2) is 4.39 Å². The third-order valence-corrected chi connectivity index (χ3v) is 4.22. The molecule has 104 valence electrons. The summed E-state index contributed by atoms with van der Waals surface area (Å²) in [5.74, 6) is 5.37. The van der Waals surface area contributed by atoms with Gasteiger partial charge in [0.1, 0.15) is 5.82 Å². The highest BCUT2D eigenvalue weighted by Crippen LogP contribution is 2.42. The molecule has 0 saturated carbocycles. The van der Waals surface area contributed by atoms with Crippen LogP contribution in [0.15, 0.2) is 36.5 Å². The Hall–Kier alpha value is -1.49. The second kappa shape index (κ2) is 5.48. The van der Waals surface area contributed by atoms with E-state index in [1.807, 2.05) is 6.07 Å². The van der Waals surface area contributed by atoms with Crippen LogP contribution in [0.5, 0.6) is 0 Å². The number of nitrogens with two attached hydrogens (primary N) is 1. The Balaban J connectivity index is 2.04. The number of hydrogen-bond donors (Lipinski definition) is 2. The molecule has 1 heterocycles. The van der Waals surface area contributed by atoms with Gasteiger partial charge in [-0.3, -0.25) is 16.3 Å². The molecular weight excluding hydrogens is 277 g/mol. The average Bonchev–Trinajstić information content (AvgIpc) is 2.87. The van der Waals surface area contributed by atoms with Crippen LogP contribution in [0.4, 0.5) is 4.39 Å². The first-order valence-electron chi connectivity index (χ1n) is 6.56. The van der Waals surface area contributed by atoms with Gasteiger partial charge in [-0.15, -0.1) is 0 Å². The number of benzene rings is 1. The maximum atomic E-state index is 14.1. The molecule has 2 atom stereocenters. The number of fused-ring (bicyclic) bond motifs is 1. The molecule has 2 unspecified atom stereocenters. The SMILES string of the molecule is NNC(c1c(F)cccc1Cl)C1CCc2cccnc21. The molecule has 0 saturated heterocycles. The normalized spacial score (nSPS) is 18.9. The molecule has 3 nitrogen and oxygen atoms in total. The van der Waals surface area contributed by atoms with Crippen LogP contribution in [-0.2, 0) is 6.42 Å². The Morgan fingerprint density at radius 1 is 1.35 bits per heavy atom. The summed E-state index contributed by atoms with van der Waals surface area (Å²) in [6, 6.07) is 8.27. The zero-order valence-corrected chi connectivity index (χ0v) is 11.6. The van der Waals surface area contributed by atoms with Crippen LogP contribution in [0.2, 0.25) is 5.02 Å². The Morgan fingerprint density at radius 3 is 2.95 bits per heavy atom. The lowest BCUT2D eigenvalue weighted by Crippen LogP contribution is -2.33. The Bertz CT molecular complexity index is 612. The fourth-order valence-corrected chi connectivity index (χ4v) is 3.26. The molecule has 1 aromatic carbocycles. The first kappa shape index (κ1) is 13.5. The summed E-state index contributed by atoms with van der Waals surface area (Å²) in [5.41, 5.74) is 5.32. The van der Waals surface area contributed by atoms with Crippen LogP contribution in [0.25, 0.3) is 0 Å². The van der Waals surface area contributed by atoms with Crippen molar-refractivity contribution in [3.8, 4) is 0 Å². The quantitative estimate of drug-likeness (QED) is 0.675. The van der Waals surface area contributed by atoms with Gasteiger partial charge in [-0.05, 0) is 36.6 Å². The Labute approximate surface area is 121 Å². The van der Waals surface area contributed by atoms with E-state index < -0.39 is 0 Å². The maximum absolute atomic E-state index is 14.1. The molecular formula is C15H15ClFN3. The van der Waals surface area contributed by atoms with Gasteiger partial charge in [0.2, 0.25) is 0 Å². The van der Waals surface area contributed by atoms with Crippen LogP contribution >= 0.6 is 11.6 Å². The van der Waals surface area contributed by atoms with Gasteiger partial charge in [0, 0.05) is 28.4 Å². The largest absolute Gasteiger partial charge is 0.271 e. The van der Waals surface area contributed by atoms with Gasteiger partial charge in [-0.2, -0.15) is 0 Å². The average molecular weight is 292 g/mol. The number of rotatable bonds is 3. The third-order valence-electron chi connectivity index (χ3n) is 3.89. The van der Waals surface area contributed by atoms with Crippen molar-refractivity contribution in [2.45, 2.75) is 24.8 Å². The zero-order chi connectivity index (χ0) is 14.1. The molecule has 0 aliphatic heterocycles. The molecule has 2 aromatic rings. The first-order chi connectivity index (χ1) is 9.72. The van der Waals surface area contributed by atoms with Gasteiger partial charge in [0.15, 0.2) is 0 Å². The van der Waals surface area contributed by atoms with E-state index in [0.717, 1.165) is 18.5 Å². The number of aryl methyl sites for hydroxylation is 1. The van der Waals surface area contributed by atoms with Crippen molar-refractivity contribution in [1.29, 1.82) is 0 Å². The van der Waals surface area contributed by atoms with Crippen molar-refractivity contribution in [3.63, 3.8) is 0 Å². The van der Waals surface area contributed by atoms with Crippen molar-refractivity contribution in [2.24, 2.45) is 5.84 Å². The van der Waals surface area contributed by atoms with E-state index in [1.165, 1.54) is 11.6 Å². The molecule has 5 heteroatoms. The van der Waals surface area contributed by atoms with E-state index >= 15 is 0 Å². The summed E-state index contributed by atoms with van der Waals surface area (Å²) >= 11 is 6.15. The standard InChI is InChI=1S/C15H15ClFN3/c16-11-4-1-5-12(17)13(11)15(20-18)10-7-6-9-3-2-8-19-14(9)10/h1-5,8,10,15,20H,6-7,18H2. The number of nitrogens with zero attached hydrogens (tertiary/aromatic N) is 1. The topological polar surface area (TPSA) is 50.9 Å². The predicted octanol–water partition coefficient (Wildman–Crippen LogP) is 3.11. The minimum Gasteiger partial charge on any atom is -0.271 e. The van der Waals surface area contributed by atoms with Crippen LogP contribution in [0.1, 0.15) is 35.2 Å². The van der Waals surface area contributed by atoms with E-state index in [1.54, 1.807) is 18.3 Å². The second-order valence-corrected chi connectivity index (χ2v) is 5.38. The lowest BCUT2D eigenvalue weighted by molar-refractivity contribution is 0.429. The van der Waals surface area contributed by atoms with Crippen molar-refractivity contribution in [2.75, 3.05) is 0 Å². The highest BCUT2D eigenvalue weighted by molar-refractivity contribution is 6.31. The molecule has 0 bridgehead atoms. The fourth-order valence-electron chi connectivity index (χ4n) is 2.98. The van der Waals surface area contributed by atoms with Crippen molar-refractivity contribution in [1.82, 2.24) is 10.4 Å². The van der Waals surface area contributed by atoms with Gasteiger partial charge in [0.05, 0.1) is 6.04 Å². The first-order valence-corrected chi connectivity index (χ1v) is 6.94. The van der Waals surface area contributed by atoms with E-state index in [0.29, 0.717) is 10.6 Å². The van der Waals surface area contributed by atoms with Crippen molar-refractivity contribution >= 4 is 11.6 Å². The van der Waals surface area contributed by atoms with E-state index in [4.69, 9.17) is 17.4 Å². The molecule has 1 aromatic heterocycles. The van der Waals surface area contributed by atoms with E-state index in [9.17, 15) is 4.39 Å². The van der Waals surface area contributed by atoms with Crippen LogP contribution < -0.4 is 11.3 Å². The highest BCUT2D eigenvalue weighted by atomic mass is 35.5. The number of nitrogens with one attached hydrogen (secondary N) is 1. The molecule has 0 spiro atoms. The summed E-state index contributed by atoms with van der Waals surface area (Å²) in [7, 11) is 0. The molecule has 0 radical (unpaired) electrons. The summed E-state index contributed by atoms with van der Waals surface area (Å²) in [4.78, 5) is 4.43. The second-order valence-electron chi connectivity index (χ2n) is 4.97.